The highest BCUT2D eigenvalue weighted by molar-refractivity contribution is 6.00. The largest absolute Gasteiger partial charge is 0.497 e. The SMILES string of the molecule is COc1ccc(-c2[nH]c(=O)c3cc(OC)ccc3c2NCCOCCO)cc1. The molecule has 0 fully saturated rings. The van der Waals surface area contributed by atoms with Crippen LogP contribution in [0.5, 0.6) is 11.5 Å². The van der Waals surface area contributed by atoms with Crippen molar-refractivity contribution in [1.82, 2.24) is 4.98 Å². The average Bonchev–Trinajstić information content (AvgIpc) is 2.74. The molecule has 3 aromatic rings. The van der Waals surface area contributed by atoms with Gasteiger partial charge in [0.25, 0.3) is 5.56 Å². The first kappa shape index (κ1) is 19.7. The maximum atomic E-state index is 12.7. The van der Waals surface area contributed by atoms with E-state index in [0.717, 1.165) is 22.4 Å². The van der Waals surface area contributed by atoms with Gasteiger partial charge in [0, 0.05) is 17.5 Å². The summed E-state index contributed by atoms with van der Waals surface area (Å²) in [5.41, 5.74) is 2.15. The Morgan fingerprint density at radius 2 is 1.68 bits per heavy atom. The molecular weight excluding hydrogens is 360 g/mol. The van der Waals surface area contributed by atoms with Gasteiger partial charge >= 0.3 is 0 Å². The van der Waals surface area contributed by atoms with Crippen molar-refractivity contribution in [3.05, 3.63) is 52.8 Å². The molecule has 0 aliphatic carbocycles. The number of ether oxygens (including phenoxy) is 3. The highest BCUT2D eigenvalue weighted by Gasteiger charge is 2.14. The number of anilines is 1. The predicted octanol–water partition coefficient (Wildman–Crippen LogP) is 2.63. The minimum Gasteiger partial charge on any atom is -0.497 e. The molecule has 0 atom stereocenters. The van der Waals surface area contributed by atoms with Gasteiger partial charge in [-0.2, -0.15) is 0 Å². The van der Waals surface area contributed by atoms with Crippen molar-refractivity contribution in [3.63, 3.8) is 0 Å². The summed E-state index contributed by atoms with van der Waals surface area (Å²) in [7, 11) is 3.18. The highest BCUT2D eigenvalue weighted by atomic mass is 16.5. The van der Waals surface area contributed by atoms with E-state index in [4.69, 9.17) is 19.3 Å². The molecule has 0 spiro atoms. The molecule has 0 saturated carbocycles. The molecule has 2 aromatic carbocycles. The zero-order valence-electron chi connectivity index (χ0n) is 16.0. The normalized spacial score (nSPS) is 10.8. The van der Waals surface area contributed by atoms with E-state index >= 15 is 0 Å². The maximum absolute atomic E-state index is 12.7. The molecule has 0 radical (unpaired) electrons. The molecule has 7 heteroatoms. The molecule has 28 heavy (non-hydrogen) atoms. The Kier molecular flexibility index (Phi) is 6.52. The number of aliphatic hydroxyl groups excluding tert-OH is 1. The predicted molar refractivity (Wildman–Crippen MR) is 110 cm³/mol. The van der Waals surface area contributed by atoms with Gasteiger partial charge in [-0.3, -0.25) is 4.79 Å². The van der Waals surface area contributed by atoms with E-state index in [1.54, 1.807) is 20.3 Å². The summed E-state index contributed by atoms with van der Waals surface area (Å²) >= 11 is 0. The lowest BCUT2D eigenvalue weighted by atomic mass is 10.0. The van der Waals surface area contributed by atoms with E-state index in [2.05, 4.69) is 10.3 Å². The van der Waals surface area contributed by atoms with E-state index < -0.39 is 0 Å². The molecule has 1 aromatic heterocycles. The van der Waals surface area contributed by atoms with Gasteiger partial charge in [0.1, 0.15) is 11.5 Å². The standard InChI is InChI=1S/C21H24N2O5/c1-26-15-5-3-14(4-6-15)19-20(22-9-11-28-12-10-24)17-8-7-16(27-2)13-18(17)21(25)23-19/h3-8,13,22,24H,9-12H2,1-2H3,(H,23,25). The zero-order valence-corrected chi connectivity index (χ0v) is 16.0. The van der Waals surface area contributed by atoms with Crippen LogP contribution in [-0.2, 0) is 4.74 Å². The third-order valence-electron chi connectivity index (χ3n) is 4.39. The van der Waals surface area contributed by atoms with Crippen molar-refractivity contribution in [2.24, 2.45) is 0 Å². The quantitative estimate of drug-likeness (QED) is 0.491. The van der Waals surface area contributed by atoms with Crippen molar-refractivity contribution in [3.8, 4) is 22.8 Å². The van der Waals surface area contributed by atoms with Crippen molar-refractivity contribution in [1.29, 1.82) is 0 Å². The third-order valence-corrected chi connectivity index (χ3v) is 4.39. The third kappa shape index (κ3) is 4.27. The van der Waals surface area contributed by atoms with Gasteiger partial charge in [0.05, 0.1) is 50.8 Å². The van der Waals surface area contributed by atoms with Crippen LogP contribution in [0.15, 0.2) is 47.3 Å². The Bertz CT molecular complexity index is 982. The number of aromatic nitrogens is 1. The van der Waals surface area contributed by atoms with Gasteiger partial charge in [-0.15, -0.1) is 0 Å². The number of hydrogen-bond acceptors (Lipinski definition) is 6. The molecule has 3 rings (SSSR count). The second-order valence-electron chi connectivity index (χ2n) is 6.11. The second kappa shape index (κ2) is 9.25. The van der Waals surface area contributed by atoms with Crippen molar-refractivity contribution >= 4 is 16.5 Å². The molecular formula is C21H24N2O5. The minimum absolute atomic E-state index is 0.0154. The average molecular weight is 384 g/mol. The number of hydrogen-bond donors (Lipinski definition) is 3. The van der Waals surface area contributed by atoms with Crippen LogP contribution in [0, 0.1) is 0 Å². The summed E-state index contributed by atoms with van der Waals surface area (Å²) in [5.74, 6) is 1.36. The van der Waals surface area contributed by atoms with E-state index in [1.807, 2.05) is 36.4 Å². The van der Waals surface area contributed by atoms with Gasteiger partial charge in [0.2, 0.25) is 0 Å². The lowest BCUT2D eigenvalue weighted by molar-refractivity contribution is 0.0992. The van der Waals surface area contributed by atoms with E-state index in [-0.39, 0.29) is 18.8 Å². The number of pyridine rings is 1. The van der Waals surface area contributed by atoms with Crippen LogP contribution in [0.2, 0.25) is 0 Å². The van der Waals surface area contributed by atoms with Crippen LogP contribution < -0.4 is 20.3 Å². The van der Waals surface area contributed by atoms with E-state index in [9.17, 15) is 4.79 Å². The molecule has 0 aliphatic heterocycles. The first-order valence-corrected chi connectivity index (χ1v) is 8.99. The lowest BCUT2D eigenvalue weighted by Crippen LogP contribution is -2.15. The Labute approximate surface area is 162 Å². The number of fused-ring (bicyclic) bond motifs is 1. The molecule has 0 aliphatic rings. The fraction of sp³-hybridized carbons (Fsp3) is 0.286. The monoisotopic (exact) mass is 384 g/mol. The van der Waals surface area contributed by atoms with Crippen LogP contribution in [0.3, 0.4) is 0 Å². The number of methoxy groups -OCH3 is 2. The Morgan fingerprint density at radius 3 is 2.36 bits per heavy atom. The summed E-state index contributed by atoms with van der Waals surface area (Å²) in [6.45, 7) is 1.23. The topological polar surface area (TPSA) is 92.8 Å². The molecule has 3 N–H and O–H groups in total. The maximum Gasteiger partial charge on any atom is 0.256 e. The second-order valence-corrected chi connectivity index (χ2v) is 6.11. The van der Waals surface area contributed by atoms with Crippen molar-refractivity contribution in [2.45, 2.75) is 0 Å². The van der Waals surface area contributed by atoms with Gasteiger partial charge < -0.3 is 29.6 Å². The number of rotatable bonds is 9. The van der Waals surface area contributed by atoms with Crippen LogP contribution in [0.1, 0.15) is 0 Å². The minimum atomic E-state index is -0.193. The number of benzene rings is 2. The Balaban J connectivity index is 2.06. The molecule has 1 heterocycles. The zero-order chi connectivity index (χ0) is 19.9. The Morgan fingerprint density at radius 1 is 0.964 bits per heavy atom. The Hall–Kier alpha value is -3.03. The number of nitrogens with one attached hydrogen (secondary N) is 2. The summed E-state index contributed by atoms with van der Waals surface area (Å²) in [4.78, 5) is 15.7. The molecule has 0 saturated heterocycles. The number of aliphatic hydroxyl groups is 1. The highest BCUT2D eigenvalue weighted by Crippen LogP contribution is 2.33. The number of H-pyrrole nitrogens is 1. The first-order chi connectivity index (χ1) is 13.7. The molecule has 0 amide bonds. The summed E-state index contributed by atoms with van der Waals surface area (Å²) in [6.07, 6.45) is 0. The van der Waals surface area contributed by atoms with Crippen LogP contribution >= 0.6 is 0 Å². The molecule has 148 valence electrons. The lowest BCUT2D eigenvalue weighted by Gasteiger charge is -2.16. The van der Waals surface area contributed by atoms with E-state index in [0.29, 0.717) is 30.0 Å². The van der Waals surface area contributed by atoms with Crippen molar-refractivity contribution in [2.75, 3.05) is 45.9 Å². The van der Waals surface area contributed by atoms with Gasteiger partial charge in [0.15, 0.2) is 0 Å². The van der Waals surface area contributed by atoms with Crippen LogP contribution in [-0.4, -0.2) is 50.7 Å². The van der Waals surface area contributed by atoms with Gasteiger partial charge in [-0.05, 0) is 42.5 Å². The summed E-state index contributed by atoms with van der Waals surface area (Å²) in [5, 5.41) is 13.5. The fourth-order valence-electron chi connectivity index (χ4n) is 3.01. The van der Waals surface area contributed by atoms with E-state index in [1.165, 1.54) is 0 Å². The van der Waals surface area contributed by atoms with Crippen LogP contribution in [0.4, 0.5) is 5.69 Å². The summed E-state index contributed by atoms with van der Waals surface area (Å²) in [6, 6.07) is 12.9. The molecule has 0 bridgehead atoms. The smallest absolute Gasteiger partial charge is 0.256 e. The molecule has 7 nitrogen and oxygen atoms in total. The van der Waals surface area contributed by atoms with Crippen LogP contribution in [0.25, 0.3) is 22.0 Å². The van der Waals surface area contributed by atoms with Gasteiger partial charge in [-0.25, -0.2) is 0 Å². The summed E-state index contributed by atoms with van der Waals surface area (Å²) < 4.78 is 15.8. The van der Waals surface area contributed by atoms with Gasteiger partial charge in [-0.1, -0.05) is 0 Å². The first-order valence-electron chi connectivity index (χ1n) is 8.99. The molecule has 0 unspecified atom stereocenters. The fourth-order valence-corrected chi connectivity index (χ4v) is 3.01. The van der Waals surface area contributed by atoms with Crippen molar-refractivity contribution < 1.29 is 19.3 Å². The number of aromatic amines is 1.